The first-order chi connectivity index (χ1) is 16.8. The number of amides is 1. The van der Waals surface area contributed by atoms with Gasteiger partial charge in [0, 0.05) is 24.6 Å². The van der Waals surface area contributed by atoms with Crippen molar-refractivity contribution < 1.29 is 9.90 Å². The van der Waals surface area contributed by atoms with Crippen molar-refractivity contribution >= 4 is 23.3 Å². The summed E-state index contributed by atoms with van der Waals surface area (Å²) in [6, 6.07) is 12.6. The fourth-order valence-electron chi connectivity index (χ4n) is 3.75. The van der Waals surface area contributed by atoms with Gasteiger partial charge in [-0.3, -0.25) is 10.1 Å². The maximum atomic E-state index is 13.2. The summed E-state index contributed by atoms with van der Waals surface area (Å²) in [5.41, 5.74) is 1.02. The Labute approximate surface area is 213 Å². The maximum absolute atomic E-state index is 13.2. The summed E-state index contributed by atoms with van der Waals surface area (Å²) in [6.07, 6.45) is 4.47. The molecule has 0 bridgehead atoms. The Hall–Kier alpha value is -2.59. The summed E-state index contributed by atoms with van der Waals surface area (Å²) in [6.45, 7) is 5.15. The third kappa shape index (κ3) is 8.54. The predicted octanol–water partition coefficient (Wildman–Crippen LogP) is 4.04. The van der Waals surface area contributed by atoms with Crippen molar-refractivity contribution in [2.45, 2.75) is 63.6 Å². The smallest absolute Gasteiger partial charge is 0.251 e. The van der Waals surface area contributed by atoms with Crippen molar-refractivity contribution in [2.24, 2.45) is 11.8 Å². The Morgan fingerprint density at radius 3 is 2.63 bits per heavy atom. The van der Waals surface area contributed by atoms with Crippen molar-refractivity contribution in [3.8, 4) is 11.8 Å². The molecular formula is C28H35ClN4O2. The van der Waals surface area contributed by atoms with Gasteiger partial charge in [0.15, 0.2) is 0 Å². The zero-order chi connectivity index (χ0) is 24.8. The SMILES string of the molecule is CC(C)(C#CC1CC1)NC[C@@H](O)[C@H](Cc1ccccc1)NC(=O)c1cc(Cl)nc(NCC2CC2)c1. The van der Waals surface area contributed by atoms with Crippen molar-refractivity contribution in [3.63, 3.8) is 0 Å². The van der Waals surface area contributed by atoms with Crippen LogP contribution in [0.1, 0.15) is 55.5 Å². The number of carbonyl (C=O) groups excluding carboxylic acids is 1. The molecule has 2 fully saturated rings. The molecule has 0 radical (unpaired) electrons. The number of nitrogens with one attached hydrogen (secondary N) is 3. The summed E-state index contributed by atoms with van der Waals surface area (Å²) >= 11 is 6.21. The largest absolute Gasteiger partial charge is 0.390 e. The molecule has 186 valence electrons. The van der Waals surface area contributed by atoms with E-state index in [1.165, 1.54) is 25.7 Å². The van der Waals surface area contributed by atoms with E-state index in [-0.39, 0.29) is 11.1 Å². The number of anilines is 1. The summed E-state index contributed by atoms with van der Waals surface area (Å²) < 4.78 is 0. The van der Waals surface area contributed by atoms with Crippen LogP contribution in [0.15, 0.2) is 42.5 Å². The van der Waals surface area contributed by atoms with Crippen LogP contribution >= 0.6 is 11.6 Å². The molecule has 1 aromatic carbocycles. The molecule has 2 aromatic rings. The molecule has 1 amide bonds. The van der Waals surface area contributed by atoms with Crippen molar-refractivity contribution in [2.75, 3.05) is 18.4 Å². The lowest BCUT2D eigenvalue weighted by Gasteiger charge is -2.28. The second kappa shape index (κ2) is 11.4. The number of benzene rings is 1. The minimum absolute atomic E-state index is 0.258. The summed E-state index contributed by atoms with van der Waals surface area (Å²) in [5, 5.41) is 21.0. The Bertz CT molecular complexity index is 1070. The summed E-state index contributed by atoms with van der Waals surface area (Å²) in [4.78, 5) is 17.5. The molecule has 2 aliphatic carbocycles. The van der Waals surface area contributed by atoms with Gasteiger partial charge >= 0.3 is 0 Å². The highest BCUT2D eigenvalue weighted by Crippen LogP contribution is 2.29. The molecule has 6 nitrogen and oxygen atoms in total. The van der Waals surface area contributed by atoms with E-state index < -0.39 is 17.7 Å². The van der Waals surface area contributed by atoms with Crippen LogP contribution in [-0.4, -0.2) is 46.8 Å². The number of aliphatic hydroxyl groups is 1. The van der Waals surface area contributed by atoms with Gasteiger partial charge in [0.25, 0.3) is 5.91 Å². The van der Waals surface area contributed by atoms with Gasteiger partial charge < -0.3 is 15.7 Å². The molecule has 4 rings (SSSR count). The number of β-amino-alcohol motifs (C(OH)–C–C–N with tert-alkyl or cyclic N) is 1. The van der Waals surface area contributed by atoms with E-state index in [0.717, 1.165) is 12.1 Å². The molecular weight excluding hydrogens is 460 g/mol. The lowest BCUT2D eigenvalue weighted by Crippen LogP contribution is -2.52. The molecule has 2 saturated carbocycles. The summed E-state index contributed by atoms with van der Waals surface area (Å²) in [5.74, 6) is 8.05. The first-order valence-corrected chi connectivity index (χ1v) is 12.9. The number of halogens is 1. The third-order valence-corrected chi connectivity index (χ3v) is 6.52. The summed E-state index contributed by atoms with van der Waals surface area (Å²) in [7, 11) is 0. The molecule has 1 heterocycles. The monoisotopic (exact) mass is 494 g/mol. The second-order valence-electron chi connectivity index (χ2n) is 10.3. The Morgan fingerprint density at radius 1 is 1.20 bits per heavy atom. The fourth-order valence-corrected chi connectivity index (χ4v) is 3.96. The molecule has 2 aliphatic rings. The average Bonchev–Trinajstić information content (AvgIpc) is 3.75. The van der Waals surface area contributed by atoms with Crippen molar-refractivity contribution in [3.05, 3.63) is 58.7 Å². The lowest BCUT2D eigenvalue weighted by atomic mass is 9.99. The van der Waals surface area contributed by atoms with E-state index >= 15 is 0 Å². The first-order valence-electron chi connectivity index (χ1n) is 12.5. The Morgan fingerprint density at radius 2 is 1.94 bits per heavy atom. The molecule has 0 saturated heterocycles. The van der Waals surface area contributed by atoms with Crippen molar-refractivity contribution in [1.82, 2.24) is 15.6 Å². The van der Waals surface area contributed by atoms with Gasteiger partial charge in [-0.2, -0.15) is 0 Å². The van der Waals surface area contributed by atoms with Crippen LogP contribution in [0.3, 0.4) is 0 Å². The fraction of sp³-hybridized carbons (Fsp3) is 0.500. The van der Waals surface area contributed by atoms with E-state index in [1.807, 2.05) is 44.2 Å². The second-order valence-corrected chi connectivity index (χ2v) is 10.7. The highest BCUT2D eigenvalue weighted by Gasteiger charge is 2.26. The number of hydrogen-bond donors (Lipinski definition) is 4. The molecule has 4 N–H and O–H groups in total. The molecule has 2 atom stereocenters. The predicted molar refractivity (Wildman–Crippen MR) is 140 cm³/mol. The normalized spacial score (nSPS) is 17.1. The number of pyridine rings is 1. The van der Waals surface area contributed by atoms with Gasteiger partial charge in [-0.15, -0.1) is 0 Å². The van der Waals surface area contributed by atoms with Crippen LogP contribution in [0.5, 0.6) is 0 Å². The first kappa shape index (κ1) is 25.5. The van der Waals surface area contributed by atoms with Crippen LogP contribution in [0.4, 0.5) is 5.82 Å². The Kier molecular flexibility index (Phi) is 8.33. The third-order valence-electron chi connectivity index (χ3n) is 6.32. The molecule has 0 unspecified atom stereocenters. The zero-order valence-electron chi connectivity index (χ0n) is 20.5. The van der Waals surface area contributed by atoms with Gasteiger partial charge in [0.1, 0.15) is 11.0 Å². The lowest BCUT2D eigenvalue weighted by molar-refractivity contribution is 0.0821. The number of hydrogen-bond acceptors (Lipinski definition) is 5. The highest BCUT2D eigenvalue weighted by molar-refractivity contribution is 6.29. The van der Waals surface area contributed by atoms with E-state index in [0.29, 0.717) is 36.2 Å². The molecule has 0 aliphatic heterocycles. The standard InChI is InChI=1S/C28H35ClN4O2/c1-28(2,13-12-19-8-9-19)31-18-24(34)23(14-20-6-4-3-5-7-20)32-27(35)22-15-25(29)33-26(16-22)30-17-21-10-11-21/h3-7,15-16,19,21,23-24,31,34H,8-11,14,17-18H2,1-2H3,(H,30,33)(H,32,35)/t23-,24+/m0/s1. The topological polar surface area (TPSA) is 86.3 Å². The number of aromatic nitrogens is 1. The molecule has 7 heteroatoms. The Balaban J connectivity index is 1.43. The van der Waals surface area contributed by atoms with Gasteiger partial charge in [-0.1, -0.05) is 53.8 Å². The van der Waals surface area contributed by atoms with Crippen LogP contribution in [0.25, 0.3) is 0 Å². The quantitative estimate of drug-likeness (QED) is 0.280. The van der Waals surface area contributed by atoms with E-state index in [1.54, 1.807) is 12.1 Å². The minimum atomic E-state index is -0.814. The number of carbonyl (C=O) groups is 1. The maximum Gasteiger partial charge on any atom is 0.251 e. The van der Waals surface area contributed by atoms with Gasteiger partial charge in [0.05, 0.1) is 17.7 Å². The van der Waals surface area contributed by atoms with E-state index in [9.17, 15) is 9.90 Å². The van der Waals surface area contributed by atoms with Gasteiger partial charge in [-0.05, 0) is 69.6 Å². The molecule has 0 spiro atoms. The number of rotatable bonds is 11. The van der Waals surface area contributed by atoms with Crippen molar-refractivity contribution in [1.29, 1.82) is 0 Å². The number of aliphatic hydroxyl groups excluding tert-OH is 1. The van der Waals surface area contributed by atoms with Crippen LogP contribution < -0.4 is 16.0 Å². The zero-order valence-corrected chi connectivity index (χ0v) is 21.2. The van der Waals surface area contributed by atoms with Crippen LogP contribution in [0.2, 0.25) is 5.15 Å². The van der Waals surface area contributed by atoms with E-state index in [2.05, 4.69) is 32.8 Å². The van der Waals surface area contributed by atoms with Gasteiger partial charge in [-0.25, -0.2) is 4.98 Å². The van der Waals surface area contributed by atoms with Gasteiger partial charge in [0.2, 0.25) is 0 Å². The van der Waals surface area contributed by atoms with E-state index in [4.69, 9.17) is 11.6 Å². The average molecular weight is 495 g/mol. The molecule has 35 heavy (non-hydrogen) atoms. The van der Waals surface area contributed by atoms with Crippen LogP contribution in [-0.2, 0) is 6.42 Å². The minimum Gasteiger partial charge on any atom is -0.390 e. The van der Waals surface area contributed by atoms with Crippen LogP contribution in [0, 0.1) is 23.7 Å². The highest BCUT2D eigenvalue weighted by atomic mass is 35.5. The number of nitrogens with zero attached hydrogens (tertiary/aromatic N) is 1. The molecule has 1 aromatic heterocycles.